The van der Waals surface area contributed by atoms with Crippen LogP contribution >= 0.6 is 11.8 Å². The summed E-state index contributed by atoms with van der Waals surface area (Å²) in [6, 6.07) is 8.67. The zero-order valence-electron chi connectivity index (χ0n) is 10.6. The molecule has 0 saturated carbocycles. The van der Waals surface area contributed by atoms with Crippen molar-refractivity contribution in [2.45, 2.75) is 30.8 Å². The van der Waals surface area contributed by atoms with Crippen LogP contribution in [0.5, 0.6) is 0 Å². The summed E-state index contributed by atoms with van der Waals surface area (Å²) in [4.78, 5) is 3.66. The first-order valence-corrected chi connectivity index (χ1v) is 7.24. The predicted octanol–water partition coefficient (Wildman–Crippen LogP) is 2.54. The Balaban J connectivity index is 1.66. The van der Waals surface area contributed by atoms with Gasteiger partial charge in [-0.15, -0.1) is 11.8 Å². The lowest BCUT2D eigenvalue weighted by atomic mass is 9.92. The molecule has 0 atom stereocenters. The minimum absolute atomic E-state index is 0.394. The number of benzene rings is 1. The van der Waals surface area contributed by atoms with Crippen LogP contribution in [0.15, 0.2) is 29.2 Å². The van der Waals surface area contributed by atoms with Gasteiger partial charge in [0.05, 0.1) is 5.60 Å². The number of β-amino-alcohol motifs (C(OH)–C–C–N with tert-alkyl or cyclic N) is 1. The van der Waals surface area contributed by atoms with Gasteiger partial charge in [-0.2, -0.15) is 0 Å². The summed E-state index contributed by atoms with van der Waals surface area (Å²) in [5.41, 5.74) is 0.916. The van der Waals surface area contributed by atoms with Gasteiger partial charge >= 0.3 is 0 Å². The molecule has 0 unspecified atom stereocenters. The van der Waals surface area contributed by atoms with Gasteiger partial charge in [0.1, 0.15) is 0 Å². The SMILES string of the molecule is CCC1(O)CN(CCSc2ccc(C)cc2)C1. The van der Waals surface area contributed by atoms with Gasteiger partial charge in [0, 0.05) is 30.3 Å². The number of rotatable bonds is 5. The van der Waals surface area contributed by atoms with Crippen molar-refractivity contribution in [3.8, 4) is 0 Å². The van der Waals surface area contributed by atoms with Crippen LogP contribution in [-0.4, -0.2) is 41.0 Å². The molecule has 1 aliphatic rings. The standard InChI is InChI=1S/C14H21NOS/c1-3-14(16)10-15(11-14)8-9-17-13-6-4-12(2)5-7-13/h4-7,16H,3,8-11H2,1-2H3. The van der Waals surface area contributed by atoms with Crippen molar-refractivity contribution in [3.63, 3.8) is 0 Å². The van der Waals surface area contributed by atoms with Gasteiger partial charge in [-0.1, -0.05) is 24.6 Å². The lowest BCUT2D eigenvalue weighted by Gasteiger charge is -2.46. The zero-order valence-corrected chi connectivity index (χ0v) is 11.5. The molecule has 94 valence electrons. The van der Waals surface area contributed by atoms with Gasteiger partial charge in [-0.25, -0.2) is 0 Å². The molecular formula is C14H21NOS. The van der Waals surface area contributed by atoms with E-state index in [1.807, 2.05) is 11.8 Å². The van der Waals surface area contributed by atoms with Crippen LogP contribution in [0.2, 0.25) is 0 Å². The molecule has 0 aromatic heterocycles. The Morgan fingerprint density at radius 2 is 1.94 bits per heavy atom. The third-order valence-corrected chi connectivity index (χ3v) is 4.38. The smallest absolute Gasteiger partial charge is 0.0897 e. The number of aliphatic hydroxyl groups is 1. The van der Waals surface area contributed by atoms with Gasteiger partial charge < -0.3 is 5.11 Å². The van der Waals surface area contributed by atoms with E-state index in [1.54, 1.807) is 0 Å². The van der Waals surface area contributed by atoms with Crippen molar-refractivity contribution in [2.75, 3.05) is 25.4 Å². The fraction of sp³-hybridized carbons (Fsp3) is 0.571. The third kappa shape index (κ3) is 3.47. The Kier molecular flexibility index (Phi) is 4.13. The van der Waals surface area contributed by atoms with E-state index >= 15 is 0 Å². The molecule has 1 heterocycles. The van der Waals surface area contributed by atoms with Crippen molar-refractivity contribution >= 4 is 11.8 Å². The molecular weight excluding hydrogens is 230 g/mol. The average Bonchev–Trinajstić information content (AvgIpc) is 2.29. The van der Waals surface area contributed by atoms with E-state index < -0.39 is 5.60 Å². The van der Waals surface area contributed by atoms with Crippen LogP contribution in [0, 0.1) is 6.92 Å². The fourth-order valence-corrected chi connectivity index (χ4v) is 3.01. The summed E-state index contributed by atoms with van der Waals surface area (Å²) in [5, 5.41) is 9.89. The van der Waals surface area contributed by atoms with Crippen LogP contribution in [0.4, 0.5) is 0 Å². The van der Waals surface area contributed by atoms with Gasteiger partial charge in [0.2, 0.25) is 0 Å². The summed E-state index contributed by atoms with van der Waals surface area (Å²) in [6.07, 6.45) is 0.870. The Labute approximate surface area is 108 Å². The molecule has 2 rings (SSSR count). The highest BCUT2D eigenvalue weighted by molar-refractivity contribution is 7.99. The van der Waals surface area contributed by atoms with Crippen LogP contribution in [0.1, 0.15) is 18.9 Å². The zero-order chi connectivity index (χ0) is 12.3. The number of thioether (sulfide) groups is 1. The molecule has 0 amide bonds. The number of likely N-dealkylation sites (tertiary alicyclic amines) is 1. The van der Waals surface area contributed by atoms with Crippen LogP contribution in [0.3, 0.4) is 0 Å². The first kappa shape index (κ1) is 12.9. The maximum Gasteiger partial charge on any atom is 0.0897 e. The largest absolute Gasteiger partial charge is 0.387 e. The maximum absolute atomic E-state index is 9.89. The third-order valence-electron chi connectivity index (χ3n) is 3.39. The van der Waals surface area contributed by atoms with Gasteiger partial charge in [-0.3, -0.25) is 4.90 Å². The topological polar surface area (TPSA) is 23.5 Å². The first-order valence-electron chi connectivity index (χ1n) is 6.25. The van der Waals surface area contributed by atoms with Crippen molar-refractivity contribution in [3.05, 3.63) is 29.8 Å². The van der Waals surface area contributed by atoms with E-state index in [2.05, 4.69) is 43.0 Å². The number of hydrogen-bond donors (Lipinski definition) is 1. The molecule has 1 N–H and O–H groups in total. The molecule has 0 radical (unpaired) electrons. The summed E-state index contributed by atoms with van der Waals surface area (Å²) in [6.45, 7) is 6.93. The molecule has 0 spiro atoms. The number of nitrogens with zero attached hydrogens (tertiary/aromatic N) is 1. The highest BCUT2D eigenvalue weighted by Crippen LogP contribution is 2.25. The Bertz CT molecular complexity index is 357. The van der Waals surface area contributed by atoms with Crippen molar-refractivity contribution in [1.29, 1.82) is 0 Å². The number of aryl methyl sites for hydroxylation is 1. The highest BCUT2D eigenvalue weighted by Gasteiger charge is 2.38. The van der Waals surface area contributed by atoms with E-state index in [0.717, 1.165) is 31.8 Å². The lowest BCUT2D eigenvalue weighted by Crippen LogP contribution is -2.61. The van der Waals surface area contributed by atoms with Crippen LogP contribution in [-0.2, 0) is 0 Å². The minimum atomic E-state index is -0.394. The van der Waals surface area contributed by atoms with E-state index in [-0.39, 0.29) is 0 Å². The van der Waals surface area contributed by atoms with Crippen molar-refractivity contribution in [1.82, 2.24) is 4.90 Å². The summed E-state index contributed by atoms with van der Waals surface area (Å²) < 4.78 is 0. The molecule has 0 aliphatic carbocycles. The molecule has 1 saturated heterocycles. The van der Waals surface area contributed by atoms with Crippen LogP contribution < -0.4 is 0 Å². The summed E-state index contributed by atoms with van der Waals surface area (Å²) >= 11 is 1.89. The van der Waals surface area contributed by atoms with Crippen molar-refractivity contribution < 1.29 is 5.11 Å². The average molecular weight is 251 g/mol. The quantitative estimate of drug-likeness (QED) is 0.814. The van der Waals surface area contributed by atoms with E-state index in [0.29, 0.717) is 0 Å². The minimum Gasteiger partial charge on any atom is -0.387 e. The normalized spacial score (nSPS) is 19.0. The maximum atomic E-state index is 9.89. The van der Waals surface area contributed by atoms with Gasteiger partial charge in [-0.05, 0) is 25.5 Å². The molecule has 17 heavy (non-hydrogen) atoms. The van der Waals surface area contributed by atoms with Gasteiger partial charge in [0.15, 0.2) is 0 Å². The Hall–Kier alpha value is -0.510. The first-order chi connectivity index (χ1) is 8.11. The molecule has 1 fully saturated rings. The van der Waals surface area contributed by atoms with E-state index in [1.165, 1.54) is 10.5 Å². The molecule has 2 nitrogen and oxygen atoms in total. The molecule has 1 aliphatic heterocycles. The lowest BCUT2D eigenvalue weighted by molar-refractivity contribution is -0.0965. The molecule has 1 aromatic rings. The number of hydrogen-bond acceptors (Lipinski definition) is 3. The fourth-order valence-electron chi connectivity index (χ4n) is 2.09. The predicted molar refractivity (Wildman–Crippen MR) is 73.6 cm³/mol. The molecule has 0 bridgehead atoms. The van der Waals surface area contributed by atoms with E-state index in [9.17, 15) is 5.11 Å². The second-order valence-corrected chi connectivity index (χ2v) is 6.12. The summed E-state index contributed by atoms with van der Waals surface area (Å²) in [5.74, 6) is 1.10. The van der Waals surface area contributed by atoms with Crippen molar-refractivity contribution in [2.24, 2.45) is 0 Å². The highest BCUT2D eigenvalue weighted by atomic mass is 32.2. The second kappa shape index (κ2) is 5.42. The van der Waals surface area contributed by atoms with Crippen LogP contribution in [0.25, 0.3) is 0 Å². The summed E-state index contributed by atoms with van der Waals surface area (Å²) in [7, 11) is 0. The van der Waals surface area contributed by atoms with E-state index in [4.69, 9.17) is 0 Å². The second-order valence-electron chi connectivity index (χ2n) is 4.95. The van der Waals surface area contributed by atoms with Gasteiger partial charge in [0.25, 0.3) is 0 Å². The molecule has 3 heteroatoms. The molecule has 1 aromatic carbocycles. The Morgan fingerprint density at radius 1 is 1.29 bits per heavy atom. The Morgan fingerprint density at radius 3 is 2.53 bits per heavy atom. The monoisotopic (exact) mass is 251 g/mol.